The lowest BCUT2D eigenvalue weighted by Gasteiger charge is -2.19. The zero-order chi connectivity index (χ0) is 12.7. The summed E-state index contributed by atoms with van der Waals surface area (Å²) in [5.41, 5.74) is 0. The van der Waals surface area contributed by atoms with Gasteiger partial charge in [0.15, 0.2) is 5.78 Å². The first-order chi connectivity index (χ1) is 7.34. The molecule has 1 atom stereocenters. The van der Waals surface area contributed by atoms with E-state index in [0.717, 1.165) is 0 Å². The Bertz CT molecular complexity index is 236. The molecule has 0 aliphatic rings. The van der Waals surface area contributed by atoms with Crippen LogP contribution in [0.2, 0.25) is 0 Å². The fraction of sp³-hybridized carbons (Fsp3) is 0.833. The topological polar surface area (TPSA) is 55.4 Å². The van der Waals surface area contributed by atoms with Crippen molar-refractivity contribution in [3.8, 4) is 0 Å². The molecule has 0 aromatic carbocycles. The van der Waals surface area contributed by atoms with Crippen LogP contribution in [0, 0.1) is 11.8 Å². The summed E-state index contributed by atoms with van der Waals surface area (Å²) in [6.07, 6.45) is 0. The average Bonchev–Trinajstić information content (AvgIpc) is 2.12. The molecule has 0 fully saturated rings. The maximum Gasteiger partial charge on any atom is 0.246 e. The summed E-state index contributed by atoms with van der Waals surface area (Å²) in [5, 5.41) is 2.68. The van der Waals surface area contributed by atoms with Crippen LogP contribution < -0.4 is 5.32 Å². The summed E-state index contributed by atoms with van der Waals surface area (Å²) in [6, 6.07) is -0.407. The van der Waals surface area contributed by atoms with Crippen LogP contribution in [0.5, 0.6) is 0 Å². The number of ketones is 1. The molecular weight excluding hydrogens is 206 g/mol. The van der Waals surface area contributed by atoms with E-state index in [1.54, 1.807) is 0 Å². The maximum atomic E-state index is 11.5. The van der Waals surface area contributed by atoms with Crippen molar-refractivity contribution in [1.82, 2.24) is 5.32 Å². The van der Waals surface area contributed by atoms with Gasteiger partial charge in [0.25, 0.3) is 0 Å². The first kappa shape index (κ1) is 15.1. The van der Waals surface area contributed by atoms with E-state index >= 15 is 0 Å². The predicted molar refractivity (Wildman–Crippen MR) is 63.1 cm³/mol. The van der Waals surface area contributed by atoms with Crippen LogP contribution in [0.3, 0.4) is 0 Å². The molecule has 0 aliphatic carbocycles. The molecule has 1 unspecified atom stereocenters. The predicted octanol–water partition coefficient (Wildman–Crippen LogP) is 1.39. The molecule has 0 bridgehead atoms. The number of Topliss-reactive ketones (excluding diaryl/α,β-unsaturated/α-hetero) is 1. The highest BCUT2D eigenvalue weighted by molar-refractivity contribution is 5.88. The summed E-state index contributed by atoms with van der Waals surface area (Å²) >= 11 is 0. The van der Waals surface area contributed by atoms with Crippen LogP contribution in [0.4, 0.5) is 0 Å². The van der Waals surface area contributed by atoms with E-state index in [4.69, 9.17) is 4.74 Å². The second kappa shape index (κ2) is 7.39. The van der Waals surface area contributed by atoms with Crippen LogP contribution in [0.15, 0.2) is 0 Å². The van der Waals surface area contributed by atoms with Crippen LogP contribution in [0.1, 0.15) is 34.6 Å². The molecule has 4 nitrogen and oxygen atoms in total. The van der Waals surface area contributed by atoms with Gasteiger partial charge >= 0.3 is 0 Å². The van der Waals surface area contributed by atoms with Gasteiger partial charge in [-0.05, 0) is 18.8 Å². The molecule has 16 heavy (non-hydrogen) atoms. The minimum atomic E-state index is -0.407. The van der Waals surface area contributed by atoms with Crippen LogP contribution in [-0.2, 0) is 14.3 Å². The van der Waals surface area contributed by atoms with E-state index in [0.29, 0.717) is 12.5 Å². The Labute approximate surface area is 97.7 Å². The third-order valence-corrected chi connectivity index (χ3v) is 2.11. The van der Waals surface area contributed by atoms with Crippen molar-refractivity contribution in [2.75, 3.05) is 13.2 Å². The van der Waals surface area contributed by atoms with Gasteiger partial charge in [0.2, 0.25) is 5.91 Å². The van der Waals surface area contributed by atoms with Crippen LogP contribution >= 0.6 is 0 Å². The van der Waals surface area contributed by atoms with Gasteiger partial charge in [-0.3, -0.25) is 9.59 Å². The van der Waals surface area contributed by atoms with Crippen LogP contribution in [-0.4, -0.2) is 30.9 Å². The number of carbonyl (C=O) groups excluding carboxylic acids is 2. The van der Waals surface area contributed by atoms with Gasteiger partial charge in [-0.25, -0.2) is 0 Å². The smallest absolute Gasteiger partial charge is 0.246 e. The molecule has 1 amide bonds. The highest BCUT2D eigenvalue weighted by Gasteiger charge is 2.20. The normalized spacial score (nSPS) is 12.9. The number of hydrogen-bond donors (Lipinski definition) is 1. The second-order valence-corrected chi connectivity index (χ2v) is 4.81. The van der Waals surface area contributed by atoms with Gasteiger partial charge in [-0.1, -0.05) is 27.7 Å². The largest absolute Gasteiger partial charge is 0.371 e. The Kier molecular flexibility index (Phi) is 6.97. The zero-order valence-electron chi connectivity index (χ0n) is 10.9. The van der Waals surface area contributed by atoms with Gasteiger partial charge in [-0.15, -0.1) is 0 Å². The summed E-state index contributed by atoms with van der Waals surface area (Å²) < 4.78 is 5.19. The summed E-state index contributed by atoms with van der Waals surface area (Å²) in [6.45, 7) is 9.91. The Hall–Kier alpha value is -0.900. The molecule has 4 heteroatoms. The highest BCUT2D eigenvalue weighted by Crippen LogP contribution is 2.02. The first-order valence-corrected chi connectivity index (χ1v) is 5.72. The number of ether oxygens (including phenoxy) is 1. The first-order valence-electron chi connectivity index (χ1n) is 5.72. The van der Waals surface area contributed by atoms with Crippen molar-refractivity contribution in [3.05, 3.63) is 0 Å². The number of carbonyl (C=O) groups is 2. The second-order valence-electron chi connectivity index (χ2n) is 4.81. The van der Waals surface area contributed by atoms with Crippen molar-refractivity contribution in [2.24, 2.45) is 11.8 Å². The van der Waals surface area contributed by atoms with Crippen LogP contribution in [0.25, 0.3) is 0 Å². The highest BCUT2D eigenvalue weighted by atomic mass is 16.5. The number of rotatable bonds is 7. The lowest BCUT2D eigenvalue weighted by atomic mass is 10.0. The van der Waals surface area contributed by atoms with Gasteiger partial charge < -0.3 is 10.1 Å². The van der Waals surface area contributed by atoms with E-state index < -0.39 is 6.04 Å². The summed E-state index contributed by atoms with van der Waals surface area (Å²) in [4.78, 5) is 22.7. The minimum Gasteiger partial charge on any atom is -0.371 e. The molecule has 0 aromatic heterocycles. The number of hydrogen-bond acceptors (Lipinski definition) is 3. The van der Waals surface area contributed by atoms with E-state index in [1.807, 2.05) is 27.7 Å². The zero-order valence-corrected chi connectivity index (χ0v) is 10.9. The molecule has 0 spiro atoms. The lowest BCUT2D eigenvalue weighted by molar-refractivity contribution is -0.131. The molecule has 0 aliphatic heterocycles. The Balaban J connectivity index is 3.97. The lowest BCUT2D eigenvalue weighted by Crippen LogP contribution is -2.44. The minimum absolute atomic E-state index is 0.0211. The number of amides is 1. The van der Waals surface area contributed by atoms with Gasteiger partial charge in [0, 0.05) is 6.61 Å². The Morgan fingerprint density at radius 1 is 1.19 bits per heavy atom. The van der Waals surface area contributed by atoms with E-state index in [2.05, 4.69) is 5.32 Å². The van der Waals surface area contributed by atoms with E-state index in [-0.39, 0.29) is 24.2 Å². The van der Waals surface area contributed by atoms with E-state index in [9.17, 15) is 9.59 Å². The van der Waals surface area contributed by atoms with Crippen molar-refractivity contribution in [1.29, 1.82) is 0 Å². The summed E-state index contributed by atoms with van der Waals surface area (Å²) in [7, 11) is 0. The standard InChI is InChI=1S/C12H23NO3/c1-8(2)6-16-7-11(15)13-12(9(3)4)10(5)14/h8-9,12H,6-7H2,1-5H3,(H,13,15). The van der Waals surface area contributed by atoms with Gasteiger partial charge in [0.1, 0.15) is 6.61 Å². The van der Waals surface area contributed by atoms with Crippen molar-refractivity contribution >= 4 is 11.7 Å². The molecule has 1 N–H and O–H groups in total. The fourth-order valence-corrected chi connectivity index (χ4v) is 1.34. The molecule has 0 saturated carbocycles. The number of nitrogens with one attached hydrogen (secondary N) is 1. The molecule has 0 rings (SSSR count). The third-order valence-electron chi connectivity index (χ3n) is 2.11. The third kappa shape index (κ3) is 6.56. The monoisotopic (exact) mass is 229 g/mol. The summed E-state index contributed by atoms with van der Waals surface area (Å²) in [5.74, 6) is 0.259. The van der Waals surface area contributed by atoms with Crippen molar-refractivity contribution in [3.63, 3.8) is 0 Å². The molecule has 0 aromatic rings. The quantitative estimate of drug-likeness (QED) is 0.717. The fourth-order valence-electron chi connectivity index (χ4n) is 1.34. The maximum absolute atomic E-state index is 11.5. The van der Waals surface area contributed by atoms with Gasteiger partial charge in [-0.2, -0.15) is 0 Å². The average molecular weight is 229 g/mol. The molecule has 94 valence electrons. The van der Waals surface area contributed by atoms with Crippen molar-refractivity contribution < 1.29 is 14.3 Å². The van der Waals surface area contributed by atoms with E-state index in [1.165, 1.54) is 6.92 Å². The Morgan fingerprint density at radius 3 is 2.12 bits per heavy atom. The Morgan fingerprint density at radius 2 is 1.75 bits per heavy atom. The SMILES string of the molecule is CC(=O)C(NC(=O)COCC(C)C)C(C)C. The molecule has 0 saturated heterocycles. The van der Waals surface area contributed by atoms with Crippen molar-refractivity contribution in [2.45, 2.75) is 40.7 Å². The molecular formula is C12H23NO3. The molecule has 0 heterocycles. The molecule has 0 radical (unpaired) electrons. The van der Waals surface area contributed by atoms with Gasteiger partial charge in [0.05, 0.1) is 6.04 Å².